The molecule has 0 radical (unpaired) electrons. The normalized spacial score (nSPS) is 11.6. The summed E-state index contributed by atoms with van der Waals surface area (Å²) in [6.45, 7) is 0. The van der Waals surface area contributed by atoms with E-state index in [9.17, 15) is 0 Å². The SMILES string of the molecule is c1ccc(-c2ccc(-c3nc(-c4ccc(-c5ccccc5)cc4)nc(-c4cccc(-n5c6ccccc6c6cc(-c7ccc8c(c7)c7ccccc7n8-c7ccccc7)ccc65)c4)n3)cc2)cc1.c1ccc(-n2c3ccccc3c3cc(-c4ccc5c(c4)c4ccccc4n5-c4ccc(-c5cc(-c6ccc7ccccc7c6)nc(-c6ccc7ccccc7c6)n5)cc4)ccc32)cc1. The van der Waals surface area contributed by atoms with Gasteiger partial charge in [-0.15, -0.1) is 0 Å². The molecule has 6 heterocycles. The molecule has 0 unspecified atom stereocenters. The number of para-hydroxylation sites is 6. The molecule has 20 aromatic carbocycles. The van der Waals surface area contributed by atoms with Gasteiger partial charge in [0.05, 0.1) is 55.5 Å². The van der Waals surface area contributed by atoms with E-state index < -0.39 is 0 Å². The molecule has 9 heteroatoms. The molecule has 0 atom stereocenters. The maximum absolute atomic E-state index is 5.23. The van der Waals surface area contributed by atoms with Crippen molar-refractivity contribution in [1.29, 1.82) is 0 Å². The van der Waals surface area contributed by atoms with E-state index in [-0.39, 0.29) is 0 Å². The van der Waals surface area contributed by atoms with E-state index in [0.29, 0.717) is 23.3 Å². The summed E-state index contributed by atoms with van der Waals surface area (Å²) in [4.78, 5) is 25.9. The van der Waals surface area contributed by atoms with Crippen LogP contribution >= 0.6 is 0 Å². The molecular weight excluding hydrogens is 1600 g/mol. The standard InChI is InChI=1S/C63H41N5.C60H38N4/c1-4-15-42(16-5-1)44-27-31-46(32-28-44)61-64-62(47-33-29-45(30-34-47)43-17-6-2-7-18-43)66-63(65-61)50-19-14-22-52(39-50)68-58-26-13-11-24-54(58)56-41-49(36-38-60(56)68)48-35-37-59-55(40-48)53-23-10-12-25-57(53)67(59)51-20-8-3-9-21-51;1-2-16-48(17-3-1)63-56-20-10-8-18-50(56)52-36-44(28-32-58(52)63)45-29-33-59-53(37-45)51-19-9-11-21-57(51)64(59)49-30-26-41(27-31-49)54-38-55(46-24-22-39-12-4-6-14-42(39)34-46)62-60(61-54)47-25-23-40-13-5-7-15-43(40)35-47/h1-41H;1-38H. The highest BCUT2D eigenvalue weighted by molar-refractivity contribution is 6.15. The monoisotopic (exact) mass is 1680 g/mol. The van der Waals surface area contributed by atoms with E-state index >= 15 is 0 Å². The van der Waals surface area contributed by atoms with E-state index in [1.807, 2.05) is 12.1 Å². The zero-order valence-electron chi connectivity index (χ0n) is 71.6. The molecule has 26 rings (SSSR count). The second-order valence-corrected chi connectivity index (χ2v) is 33.9. The van der Waals surface area contributed by atoms with Crippen molar-refractivity contribution in [2.75, 3.05) is 0 Å². The molecule has 0 saturated heterocycles. The quantitative estimate of drug-likeness (QED) is 0.108. The Kier molecular flexibility index (Phi) is 18.7. The minimum absolute atomic E-state index is 0.609. The van der Waals surface area contributed by atoms with Crippen LogP contribution in [0.3, 0.4) is 0 Å². The minimum Gasteiger partial charge on any atom is -0.309 e. The third-order valence-electron chi connectivity index (χ3n) is 26.1. The third kappa shape index (κ3) is 13.7. The average molecular weight is 1680 g/mol. The first-order chi connectivity index (χ1) is 65.4. The van der Waals surface area contributed by atoms with Crippen LogP contribution in [0.4, 0.5) is 0 Å². The minimum atomic E-state index is 0.609. The Morgan fingerprint density at radius 3 is 0.795 bits per heavy atom. The molecule has 132 heavy (non-hydrogen) atoms. The molecule has 6 aromatic heterocycles. The summed E-state index contributed by atoms with van der Waals surface area (Å²) in [5.74, 6) is 2.55. The molecule has 0 saturated carbocycles. The maximum atomic E-state index is 5.23. The van der Waals surface area contributed by atoms with Crippen molar-refractivity contribution in [2.24, 2.45) is 0 Å². The fourth-order valence-corrected chi connectivity index (χ4v) is 19.6. The van der Waals surface area contributed by atoms with Crippen LogP contribution in [0.2, 0.25) is 0 Å². The number of nitrogens with zero attached hydrogens (tertiary/aromatic N) is 9. The van der Waals surface area contributed by atoms with E-state index in [1.54, 1.807) is 0 Å². The summed E-state index contributed by atoms with van der Waals surface area (Å²) >= 11 is 0. The molecule has 0 amide bonds. The Morgan fingerprint density at radius 1 is 0.121 bits per heavy atom. The van der Waals surface area contributed by atoms with Crippen LogP contribution in [0, 0.1) is 0 Å². The Labute approximate surface area is 761 Å². The van der Waals surface area contributed by atoms with Crippen LogP contribution in [-0.2, 0) is 0 Å². The van der Waals surface area contributed by atoms with Crippen molar-refractivity contribution in [3.63, 3.8) is 0 Å². The number of rotatable bonds is 14. The van der Waals surface area contributed by atoms with Gasteiger partial charge in [0.15, 0.2) is 23.3 Å². The Bertz CT molecular complexity index is 8790. The average Bonchev–Trinajstić information content (AvgIpc) is 1.59. The van der Waals surface area contributed by atoms with Crippen molar-refractivity contribution in [3.05, 3.63) is 479 Å². The largest absolute Gasteiger partial charge is 0.309 e. The summed E-state index contributed by atoms with van der Waals surface area (Å²) in [5.41, 5.74) is 30.8. The van der Waals surface area contributed by atoms with E-state index in [2.05, 4.69) is 485 Å². The summed E-state index contributed by atoms with van der Waals surface area (Å²) in [7, 11) is 0. The molecule has 0 N–H and O–H groups in total. The second kappa shape index (κ2) is 32.3. The lowest BCUT2D eigenvalue weighted by molar-refractivity contribution is 1.07. The summed E-state index contributed by atoms with van der Waals surface area (Å²) < 4.78 is 9.48. The van der Waals surface area contributed by atoms with Gasteiger partial charge < -0.3 is 18.3 Å². The van der Waals surface area contributed by atoms with Gasteiger partial charge in [0.25, 0.3) is 0 Å². The van der Waals surface area contributed by atoms with E-state index in [1.165, 1.54) is 115 Å². The smallest absolute Gasteiger partial charge is 0.164 e. The van der Waals surface area contributed by atoms with Crippen molar-refractivity contribution in [2.45, 2.75) is 0 Å². The van der Waals surface area contributed by atoms with Crippen molar-refractivity contribution in [3.8, 4) is 135 Å². The number of aromatic nitrogens is 9. The lowest BCUT2D eigenvalue weighted by atomic mass is 10.0. The predicted molar refractivity (Wildman–Crippen MR) is 549 cm³/mol. The van der Waals surface area contributed by atoms with Crippen molar-refractivity contribution < 1.29 is 0 Å². The zero-order chi connectivity index (χ0) is 87.1. The highest BCUT2D eigenvalue weighted by Crippen LogP contribution is 2.44. The zero-order valence-corrected chi connectivity index (χ0v) is 71.6. The van der Waals surface area contributed by atoms with Crippen molar-refractivity contribution in [1.82, 2.24) is 43.2 Å². The lowest BCUT2D eigenvalue weighted by Gasteiger charge is -2.12. The molecule has 26 aromatic rings. The molecule has 9 nitrogen and oxygen atoms in total. The first-order valence-electron chi connectivity index (χ1n) is 44.8. The van der Waals surface area contributed by atoms with Gasteiger partial charge in [0, 0.05) is 99.2 Å². The van der Waals surface area contributed by atoms with Crippen LogP contribution in [0.25, 0.3) is 244 Å². The second-order valence-electron chi connectivity index (χ2n) is 33.9. The summed E-state index contributed by atoms with van der Waals surface area (Å²) in [6.07, 6.45) is 0. The first-order valence-corrected chi connectivity index (χ1v) is 44.8. The van der Waals surface area contributed by atoms with Gasteiger partial charge in [0.2, 0.25) is 0 Å². The Morgan fingerprint density at radius 2 is 0.379 bits per heavy atom. The Balaban J connectivity index is 0.000000142. The number of benzene rings is 20. The first kappa shape index (κ1) is 76.6. The fourth-order valence-electron chi connectivity index (χ4n) is 19.6. The van der Waals surface area contributed by atoms with Crippen LogP contribution in [0.15, 0.2) is 479 Å². The van der Waals surface area contributed by atoms with Gasteiger partial charge in [-0.05, 0) is 206 Å². The van der Waals surface area contributed by atoms with Gasteiger partial charge in [-0.3, -0.25) is 0 Å². The number of hydrogen-bond acceptors (Lipinski definition) is 5. The van der Waals surface area contributed by atoms with Crippen molar-refractivity contribution >= 4 is 109 Å². The van der Waals surface area contributed by atoms with Gasteiger partial charge in [-0.1, -0.05) is 340 Å². The molecule has 0 spiro atoms. The molecular formula is C123H79N9. The summed E-state index contributed by atoms with van der Waals surface area (Å²) in [5, 5.41) is 14.6. The Hall–Kier alpha value is -17.8. The number of fused-ring (bicyclic) bond motifs is 14. The molecule has 0 fully saturated rings. The van der Waals surface area contributed by atoms with Gasteiger partial charge in [0.1, 0.15) is 0 Å². The molecule has 0 bridgehead atoms. The van der Waals surface area contributed by atoms with Crippen LogP contribution < -0.4 is 0 Å². The lowest BCUT2D eigenvalue weighted by Crippen LogP contribution is -2.01. The van der Waals surface area contributed by atoms with Gasteiger partial charge in [-0.25, -0.2) is 24.9 Å². The highest BCUT2D eigenvalue weighted by atomic mass is 15.0. The van der Waals surface area contributed by atoms with Gasteiger partial charge >= 0.3 is 0 Å². The van der Waals surface area contributed by atoms with Crippen LogP contribution in [-0.4, -0.2) is 43.2 Å². The van der Waals surface area contributed by atoms with Gasteiger partial charge in [-0.2, -0.15) is 0 Å². The molecule has 0 aliphatic heterocycles. The van der Waals surface area contributed by atoms with Crippen LogP contribution in [0.5, 0.6) is 0 Å². The summed E-state index contributed by atoms with van der Waals surface area (Å²) in [6, 6.07) is 171. The molecule has 0 aliphatic rings. The molecule has 0 aliphatic carbocycles. The molecule has 616 valence electrons. The van der Waals surface area contributed by atoms with E-state index in [4.69, 9.17) is 24.9 Å². The predicted octanol–water partition coefficient (Wildman–Crippen LogP) is 31.7. The highest BCUT2D eigenvalue weighted by Gasteiger charge is 2.23. The fraction of sp³-hybridized carbons (Fsp3) is 0. The third-order valence-corrected chi connectivity index (χ3v) is 26.1. The topological polar surface area (TPSA) is 84.2 Å². The van der Waals surface area contributed by atoms with Crippen LogP contribution in [0.1, 0.15) is 0 Å². The van der Waals surface area contributed by atoms with E-state index in [0.717, 1.165) is 106 Å². The number of hydrogen-bond donors (Lipinski definition) is 0. The maximum Gasteiger partial charge on any atom is 0.164 e.